The zero-order chi connectivity index (χ0) is 21.9. The van der Waals surface area contributed by atoms with Gasteiger partial charge in [-0.1, -0.05) is 15.9 Å². The van der Waals surface area contributed by atoms with Crippen LogP contribution in [0.4, 0.5) is 5.82 Å². The number of nitrogen functional groups attached to an aromatic ring is 1. The summed E-state index contributed by atoms with van der Waals surface area (Å²) in [6.45, 7) is 3.59. The number of hydrogen-bond donors (Lipinski definition) is 5. The van der Waals surface area contributed by atoms with E-state index in [1.165, 1.54) is 0 Å². The Labute approximate surface area is 177 Å². The quantitative estimate of drug-likeness (QED) is 0.305. The largest absolute Gasteiger partial charge is 0.478 e. The summed E-state index contributed by atoms with van der Waals surface area (Å²) >= 11 is 3.46. The van der Waals surface area contributed by atoms with E-state index in [9.17, 15) is 24.6 Å². The van der Waals surface area contributed by atoms with Crippen LogP contribution >= 0.6 is 15.9 Å². The molecule has 0 aliphatic rings. The van der Waals surface area contributed by atoms with E-state index >= 15 is 0 Å². The molecule has 0 saturated carbocycles. The zero-order valence-corrected chi connectivity index (χ0v) is 17.5. The van der Waals surface area contributed by atoms with Gasteiger partial charge in [-0.15, -0.1) is 0 Å². The summed E-state index contributed by atoms with van der Waals surface area (Å²) in [6.07, 6.45) is 0. The molecule has 0 fully saturated rings. The summed E-state index contributed by atoms with van der Waals surface area (Å²) < 4.78 is 0.858. The Kier molecular flexibility index (Phi) is 4.43. The minimum absolute atomic E-state index is 0.205. The molecule has 2 heterocycles. The van der Waals surface area contributed by atoms with E-state index in [0.29, 0.717) is 11.1 Å². The Hall–Kier alpha value is -3.59. The molecule has 0 bridgehead atoms. The Morgan fingerprint density at radius 2 is 1.70 bits per heavy atom. The maximum atomic E-state index is 12.4. The first kappa shape index (κ1) is 19.7. The van der Waals surface area contributed by atoms with Crippen LogP contribution in [-0.4, -0.2) is 32.1 Å². The number of nitrogens with two attached hydrogens (primary N) is 1. The Balaban J connectivity index is 2.26. The SMILES string of the molecule is Cc1cc(-c2c(C(=O)O)c(N)[nH]c(=O)c2C(=O)O)c(C)c2c1[nH]c1ccc(Br)cc12. The van der Waals surface area contributed by atoms with Gasteiger partial charge < -0.3 is 25.9 Å². The second kappa shape index (κ2) is 6.74. The number of aryl methyl sites for hydroxylation is 2. The van der Waals surface area contributed by atoms with Crippen LogP contribution in [0.2, 0.25) is 0 Å². The molecule has 0 amide bonds. The van der Waals surface area contributed by atoms with Crippen LogP contribution in [0.15, 0.2) is 33.5 Å². The molecule has 0 spiro atoms. The lowest BCUT2D eigenvalue weighted by Crippen LogP contribution is -2.24. The first-order valence-electron chi connectivity index (χ1n) is 8.85. The maximum Gasteiger partial charge on any atom is 0.342 e. The first-order valence-corrected chi connectivity index (χ1v) is 9.65. The molecule has 30 heavy (non-hydrogen) atoms. The number of aromatic carboxylic acids is 2. The number of halogens is 1. The van der Waals surface area contributed by atoms with Gasteiger partial charge in [-0.3, -0.25) is 4.79 Å². The molecule has 4 rings (SSSR count). The van der Waals surface area contributed by atoms with Crippen molar-refractivity contribution in [2.75, 3.05) is 5.73 Å². The van der Waals surface area contributed by atoms with Crippen molar-refractivity contribution in [3.05, 3.63) is 61.3 Å². The summed E-state index contributed by atoms with van der Waals surface area (Å²) in [5.74, 6) is -3.36. The number of pyridine rings is 1. The van der Waals surface area contributed by atoms with Gasteiger partial charge in [0.05, 0.1) is 0 Å². The van der Waals surface area contributed by atoms with Gasteiger partial charge in [0, 0.05) is 31.8 Å². The van der Waals surface area contributed by atoms with Gasteiger partial charge in [0.25, 0.3) is 5.56 Å². The van der Waals surface area contributed by atoms with Crippen molar-refractivity contribution in [1.29, 1.82) is 0 Å². The summed E-state index contributed by atoms with van der Waals surface area (Å²) in [7, 11) is 0. The van der Waals surface area contributed by atoms with Gasteiger partial charge in [0.1, 0.15) is 16.9 Å². The number of carboxylic acid groups (broad SMARTS) is 2. The number of aromatic nitrogens is 2. The monoisotopic (exact) mass is 469 g/mol. The number of carboxylic acids is 2. The van der Waals surface area contributed by atoms with Crippen molar-refractivity contribution >= 4 is 55.5 Å². The molecule has 2 aromatic carbocycles. The molecule has 0 radical (unpaired) electrons. The first-order chi connectivity index (χ1) is 14.1. The number of carbonyl (C=O) groups is 2. The predicted octanol–water partition coefficient (Wildman–Crippen LogP) is 4.03. The second-order valence-corrected chi connectivity index (χ2v) is 7.95. The second-order valence-electron chi connectivity index (χ2n) is 7.03. The molecular weight excluding hydrogens is 454 g/mol. The lowest BCUT2D eigenvalue weighted by atomic mass is 9.89. The fourth-order valence-electron chi connectivity index (χ4n) is 3.96. The van der Waals surface area contributed by atoms with Crippen molar-refractivity contribution in [3.63, 3.8) is 0 Å². The zero-order valence-electron chi connectivity index (χ0n) is 15.9. The normalized spacial score (nSPS) is 11.3. The summed E-state index contributed by atoms with van der Waals surface area (Å²) in [6, 6.07) is 7.41. The summed E-state index contributed by atoms with van der Waals surface area (Å²) in [5.41, 5.74) is 6.95. The minimum Gasteiger partial charge on any atom is -0.478 e. The molecule has 6 N–H and O–H groups in total. The smallest absolute Gasteiger partial charge is 0.342 e. The summed E-state index contributed by atoms with van der Waals surface area (Å²) in [4.78, 5) is 41.7. The van der Waals surface area contributed by atoms with Gasteiger partial charge in [-0.05, 0) is 54.8 Å². The third-order valence-corrected chi connectivity index (χ3v) is 5.73. The molecule has 0 unspecified atom stereocenters. The van der Waals surface area contributed by atoms with Gasteiger partial charge in [-0.25, -0.2) is 9.59 Å². The van der Waals surface area contributed by atoms with Gasteiger partial charge in [-0.2, -0.15) is 0 Å². The highest BCUT2D eigenvalue weighted by Crippen LogP contribution is 2.39. The predicted molar refractivity (Wildman–Crippen MR) is 117 cm³/mol. The van der Waals surface area contributed by atoms with Gasteiger partial charge in [0.2, 0.25) is 0 Å². The Morgan fingerprint density at radius 3 is 2.33 bits per heavy atom. The molecule has 4 aromatic rings. The molecular formula is C21H16BrN3O5. The standard InChI is InChI=1S/C21H16BrN3O5/c1-7-5-10(8(2)13-11-6-9(22)3-4-12(11)24-17(7)13)14-15(20(27)28)18(23)25-19(26)16(14)21(29)30/h3-6,24H,1-2H3,(H,27,28)(H,29,30)(H3,23,25,26). The van der Waals surface area contributed by atoms with Crippen LogP contribution in [0.5, 0.6) is 0 Å². The number of hydrogen-bond acceptors (Lipinski definition) is 4. The van der Waals surface area contributed by atoms with Crippen molar-refractivity contribution in [2.24, 2.45) is 0 Å². The molecule has 0 aliphatic heterocycles. The molecule has 0 saturated heterocycles. The van der Waals surface area contributed by atoms with Crippen molar-refractivity contribution in [1.82, 2.24) is 9.97 Å². The van der Waals surface area contributed by atoms with Crippen molar-refractivity contribution in [2.45, 2.75) is 13.8 Å². The minimum atomic E-state index is -1.53. The van der Waals surface area contributed by atoms with Crippen molar-refractivity contribution in [3.8, 4) is 11.1 Å². The summed E-state index contributed by atoms with van der Waals surface area (Å²) in [5, 5.41) is 21.1. The fourth-order valence-corrected chi connectivity index (χ4v) is 4.32. The molecule has 8 nitrogen and oxygen atoms in total. The highest BCUT2D eigenvalue weighted by atomic mass is 79.9. The average Bonchev–Trinajstić information content (AvgIpc) is 3.02. The number of anilines is 1. The lowest BCUT2D eigenvalue weighted by Gasteiger charge is -2.16. The van der Waals surface area contributed by atoms with Crippen LogP contribution < -0.4 is 11.3 Å². The van der Waals surface area contributed by atoms with Crippen molar-refractivity contribution < 1.29 is 19.8 Å². The highest BCUT2D eigenvalue weighted by molar-refractivity contribution is 9.10. The molecule has 152 valence electrons. The Bertz CT molecular complexity index is 1470. The van der Waals surface area contributed by atoms with E-state index in [4.69, 9.17) is 5.73 Å². The van der Waals surface area contributed by atoms with E-state index in [1.807, 2.05) is 25.1 Å². The van der Waals surface area contributed by atoms with Crippen LogP contribution in [0.1, 0.15) is 31.8 Å². The highest BCUT2D eigenvalue weighted by Gasteiger charge is 2.28. The van der Waals surface area contributed by atoms with Gasteiger partial charge >= 0.3 is 11.9 Å². The molecule has 0 aliphatic carbocycles. The molecule has 9 heteroatoms. The van der Waals surface area contributed by atoms with E-state index < -0.39 is 34.4 Å². The van der Waals surface area contributed by atoms with Gasteiger partial charge in [0.15, 0.2) is 0 Å². The number of aromatic amines is 2. The van der Waals surface area contributed by atoms with Crippen LogP contribution in [0.3, 0.4) is 0 Å². The number of rotatable bonds is 3. The fraction of sp³-hybridized carbons (Fsp3) is 0.0952. The average molecular weight is 470 g/mol. The maximum absolute atomic E-state index is 12.4. The van der Waals surface area contributed by atoms with Crippen LogP contribution in [-0.2, 0) is 0 Å². The topological polar surface area (TPSA) is 149 Å². The third kappa shape index (κ3) is 2.78. The van der Waals surface area contributed by atoms with E-state index in [1.54, 1.807) is 13.0 Å². The number of fused-ring (bicyclic) bond motifs is 3. The van der Waals surface area contributed by atoms with Crippen LogP contribution in [0.25, 0.3) is 32.9 Å². The van der Waals surface area contributed by atoms with E-state index in [-0.39, 0.29) is 5.56 Å². The van der Waals surface area contributed by atoms with E-state index in [0.717, 1.165) is 31.8 Å². The van der Waals surface area contributed by atoms with Crippen LogP contribution in [0, 0.1) is 13.8 Å². The number of benzene rings is 2. The number of H-pyrrole nitrogens is 2. The third-order valence-electron chi connectivity index (χ3n) is 5.24. The van der Waals surface area contributed by atoms with E-state index in [2.05, 4.69) is 25.9 Å². The molecule has 0 atom stereocenters. The lowest BCUT2D eigenvalue weighted by molar-refractivity contribution is 0.0695. The number of nitrogens with one attached hydrogen (secondary N) is 2. The molecule has 2 aromatic heterocycles. The Morgan fingerprint density at radius 1 is 1.03 bits per heavy atom.